The lowest BCUT2D eigenvalue weighted by Gasteiger charge is -2.12. The number of aromatic nitrogens is 2. The monoisotopic (exact) mass is 254 g/mol. The van der Waals surface area contributed by atoms with Gasteiger partial charge in [0, 0.05) is 19.7 Å². The largest absolute Gasteiger partial charge is 0.406 e. The zero-order valence-corrected chi connectivity index (χ0v) is 11.1. The van der Waals surface area contributed by atoms with Gasteiger partial charge in [-0.05, 0) is 32.2 Å². The number of aliphatic hydroxyl groups is 1. The van der Waals surface area contributed by atoms with Gasteiger partial charge >= 0.3 is 6.01 Å². The first kappa shape index (κ1) is 13.3. The fraction of sp³-hybridized carbons (Fsp3) is 0.833. The summed E-state index contributed by atoms with van der Waals surface area (Å²) in [6.07, 6.45) is 1.94. The molecule has 1 aromatic heterocycles. The van der Waals surface area contributed by atoms with Crippen molar-refractivity contribution in [2.75, 3.05) is 31.1 Å². The maximum absolute atomic E-state index is 8.94. The van der Waals surface area contributed by atoms with Gasteiger partial charge in [0.25, 0.3) is 0 Å². The Morgan fingerprint density at radius 1 is 1.56 bits per heavy atom. The molecule has 1 fully saturated rings. The van der Waals surface area contributed by atoms with Crippen molar-refractivity contribution in [3.63, 3.8) is 0 Å². The predicted octanol–water partition coefficient (Wildman–Crippen LogP) is 0.949. The lowest BCUT2D eigenvalue weighted by Crippen LogP contribution is -2.20. The highest BCUT2D eigenvalue weighted by Gasteiger charge is 2.26. The SMILES string of the molecule is CCNC(C)c1nnc(N2CCC(CCO)C2)o1. The van der Waals surface area contributed by atoms with Crippen LogP contribution < -0.4 is 10.2 Å². The minimum absolute atomic E-state index is 0.0899. The zero-order chi connectivity index (χ0) is 13.0. The molecule has 2 unspecified atom stereocenters. The first-order valence-electron chi connectivity index (χ1n) is 6.67. The third-order valence-electron chi connectivity index (χ3n) is 3.40. The fourth-order valence-electron chi connectivity index (χ4n) is 2.35. The minimum Gasteiger partial charge on any atom is -0.406 e. The molecule has 0 amide bonds. The topological polar surface area (TPSA) is 74.4 Å². The third-order valence-corrected chi connectivity index (χ3v) is 3.40. The van der Waals surface area contributed by atoms with Crippen molar-refractivity contribution in [2.45, 2.75) is 32.7 Å². The summed E-state index contributed by atoms with van der Waals surface area (Å²) in [7, 11) is 0. The van der Waals surface area contributed by atoms with Crippen molar-refractivity contribution in [3.05, 3.63) is 5.89 Å². The van der Waals surface area contributed by atoms with Crippen molar-refractivity contribution < 1.29 is 9.52 Å². The van der Waals surface area contributed by atoms with Crippen molar-refractivity contribution in [1.29, 1.82) is 0 Å². The third kappa shape index (κ3) is 3.00. The van der Waals surface area contributed by atoms with Crippen LogP contribution in [0, 0.1) is 5.92 Å². The summed E-state index contributed by atoms with van der Waals surface area (Å²) >= 11 is 0. The van der Waals surface area contributed by atoms with Gasteiger partial charge in [0.1, 0.15) is 0 Å². The average molecular weight is 254 g/mol. The van der Waals surface area contributed by atoms with Crippen LogP contribution in [0.3, 0.4) is 0 Å². The molecule has 1 saturated heterocycles. The molecule has 0 radical (unpaired) electrons. The van der Waals surface area contributed by atoms with Crippen LogP contribution in [0.1, 0.15) is 38.6 Å². The highest BCUT2D eigenvalue weighted by Crippen LogP contribution is 2.25. The lowest BCUT2D eigenvalue weighted by molar-refractivity contribution is 0.263. The van der Waals surface area contributed by atoms with E-state index in [1.807, 2.05) is 13.8 Å². The molecule has 6 heteroatoms. The van der Waals surface area contributed by atoms with Crippen LogP contribution >= 0.6 is 0 Å². The molecule has 0 bridgehead atoms. The minimum atomic E-state index is 0.0899. The number of nitrogens with one attached hydrogen (secondary N) is 1. The van der Waals surface area contributed by atoms with E-state index in [2.05, 4.69) is 20.4 Å². The molecule has 2 atom stereocenters. The Labute approximate surface area is 107 Å². The van der Waals surface area contributed by atoms with Gasteiger partial charge in [0.05, 0.1) is 6.04 Å². The summed E-state index contributed by atoms with van der Waals surface area (Å²) < 4.78 is 5.69. The van der Waals surface area contributed by atoms with E-state index >= 15 is 0 Å². The van der Waals surface area contributed by atoms with E-state index in [-0.39, 0.29) is 12.6 Å². The Morgan fingerprint density at radius 2 is 2.39 bits per heavy atom. The number of anilines is 1. The average Bonchev–Trinajstić information content (AvgIpc) is 2.97. The van der Waals surface area contributed by atoms with Crippen molar-refractivity contribution in [1.82, 2.24) is 15.5 Å². The highest BCUT2D eigenvalue weighted by molar-refractivity contribution is 5.26. The second-order valence-corrected chi connectivity index (χ2v) is 4.82. The van der Waals surface area contributed by atoms with E-state index in [0.29, 0.717) is 17.8 Å². The first-order valence-corrected chi connectivity index (χ1v) is 6.67. The quantitative estimate of drug-likeness (QED) is 0.787. The summed E-state index contributed by atoms with van der Waals surface area (Å²) in [5.74, 6) is 1.17. The summed E-state index contributed by atoms with van der Waals surface area (Å²) in [5, 5.41) is 20.4. The van der Waals surface area contributed by atoms with Crippen molar-refractivity contribution in [3.8, 4) is 0 Å². The van der Waals surface area contributed by atoms with Gasteiger partial charge in [-0.2, -0.15) is 0 Å². The van der Waals surface area contributed by atoms with Crippen molar-refractivity contribution >= 4 is 6.01 Å². The number of hydrogen-bond acceptors (Lipinski definition) is 6. The second kappa shape index (κ2) is 6.15. The molecule has 102 valence electrons. The van der Waals surface area contributed by atoms with Crippen LogP contribution in [0.25, 0.3) is 0 Å². The summed E-state index contributed by atoms with van der Waals surface area (Å²) in [6.45, 7) is 7.03. The number of nitrogens with zero attached hydrogens (tertiary/aromatic N) is 3. The molecular weight excluding hydrogens is 232 g/mol. The smallest absolute Gasteiger partial charge is 0.318 e. The van der Waals surface area contributed by atoms with Gasteiger partial charge in [0.15, 0.2) is 0 Å². The molecule has 2 N–H and O–H groups in total. The number of aliphatic hydroxyl groups excluding tert-OH is 1. The molecule has 1 aliphatic rings. The molecule has 0 saturated carbocycles. The van der Waals surface area contributed by atoms with E-state index in [0.717, 1.165) is 32.5 Å². The van der Waals surface area contributed by atoms with Crippen LogP contribution in [0.4, 0.5) is 6.01 Å². The lowest BCUT2D eigenvalue weighted by atomic mass is 10.1. The molecule has 2 rings (SSSR count). The zero-order valence-electron chi connectivity index (χ0n) is 11.1. The van der Waals surface area contributed by atoms with E-state index < -0.39 is 0 Å². The van der Waals surface area contributed by atoms with Gasteiger partial charge in [-0.15, -0.1) is 5.10 Å². The Balaban J connectivity index is 1.94. The fourth-order valence-corrected chi connectivity index (χ4v) is 2.35. The van der Waals surface area contributed by atoms with Gasteiger partial charge in [-0.3, -0.25) is 0 Å². The maximum Gasteiger partial charge on any atom is 0.318 e. The Morgan fingerprint density at radius 3 is 3.11 bits per heavy atom. The maximum atomic E-state index is 8.94. The molecule has 0 spiro atoms. The normalized spacial score (nSPS) is 21.5. The Bertz CT molecular complexity index is 369. The van der Waals surface area contributed by atoms with Crippen LogP contribution in [0.5, 0.6) is 0 Å². The molecule has 2 heterocycles. The molecule has 1 aliphatic heterocycles. The standard InChI is InChI=1S/C12H22N4O2/c1-3-13-9(2)11-14-15-12(18-11)16-6-4-10(8-16)5-7-17/h9-10,13,17H,3-8H2,1-2H3. The van der Waals surface area contributed by atoms with Gasteiger partial charge < -0.3 is 19.7 Å². The molecule has 1 aromatic rings. The number of hydrogen-bond donors (Lipinski definition) is 2. The predicted molar refractivity (Wildman–Crippen MR) is 68.4 cm³/mol. The van der Waals surface area contributed by atoms with E-state index in [9.17, 15) is 0 Å². The second-order valence-electron chi connectivity index (χ2n) is 4.82. The van der Waals surface area contributed by atoms with Crippen molar-refractivity contribution in [2.24, 2.45) is 5.92 Å². The van der Waals surface area contributed by atoms with E-state index in [4.69, 9.17) is 9.52 Å². The molecule has 0 aromatic carbocycles. The van der Waals surface area contributed by atoms with E-state index in [1.54, 1.807) is 0 Å². The molecule has 18 heavy (non-hydrogen) atoms. The first-order chi connectivity index (χ1) is 8.74. The van der Waals surface area contributed by atoms with Crippen LogP contribution in [-0.2, 0) is 0 Å². The van der Waals surface area contributed by atoms with Gasteiger partial charge in [-0.1, -0.05) is 12.0 Å². The molecule has 0 aliphatic carbocycles. The van der Waals surface area contributed by atoms with Crippen LogP contribution in [-0.4, -0.2) is 41.5 Å². The highest BCUT2D eigenvalue weighted by atomic mass is 16.4. The molecular formula is C12H22N4O2. The van der Waals surface area contributed by atoms with Crippen LogP contribution in [0.2, 0.25) is 0 Å². The van der Waals surface area contributed by atoms with Gasteiger partial charge in [0.2, 0.25) is 5.89 Å². The number of rotatable bonds is 6. The Kier molecular flexibility index (Phi) is 4.54. The van der Waals surface area contributed by atoms with E-state index in [1.165, 1.54) is 0 Å². The summed E-state index contributed by atoms with van der Waals surface area (Å²) in [4.78, 5) is 2.11. The van der Waals surface area contributed by atoms with Crippen LogP contribution in [0.15, 0.2) is 4.42 Å². The summed E-state index contributed by atoms with van der Waals surface area (Å²) in [5.41, 5.74) is 0. The Hall–Kier alpha value is -1.14. The molecule has 6 nitrogen and oxygen atoms in total. The van der Waals surface area contributed by atoms with Gasteiger partial charge in [-0.25, -0.2) is 0 Å². The summed E-state index contributed by atoms with van der Waals surface area (Å²) in [6, 6.07) is 0.697.